The van der Waals surface area contributed by atoms with Gasteiger partial charge in [0.05, 0.1) is 4.90 Å². The van der Waals surface area contributed by atoms with E-state index in [-0.39, 0.29) is 10.8 Å². The van der Waals surface area contributed by atoms with Gasteiger partial charge in [0, 0.05) is 26.3 Å². The summed E-state index contributed by atoms with van der Waals surface area (Å²) >= 11 is 0. The van der Waals surface area contributed by atoms with Crippen molar-refractivity contribution in [3.63, 3.8) is 0 Å². The summed E-state index contributed by atoms with van der Waals surface area (Å²) < 4.78 is 31.8. The number of carbonyl (C=O) groups is 1. The molecule has 1 atom stereocenters. The summed E-state index contributed by atoms with van der Waals surface area (Å²) in [6.07, 6.45) is -0.0229. The Morgan fingerprint density at radius 2 is 1.86 bits per heavy atom. The van der Waals surface area contributed by atoms with Crippen LogP contribution in [-0.4, -0.2) is 45.4 Å². The van der Waals surface area contributed by atoms with E-state index < -0.39 is 16.1 Å². The molecule has 6 nitrogen and oxygen atoms in total. The number of nitrogens with zero attached hydrogens (tertiary/aromatic N) is 2. The molecule has 1 aliphatic heterocycles. The summed E-state index contributed by atoms with van der Waals surface area (Å²) in [7, 11) is -0.488. The quantitative estimate of drug-likeness (QED) is 0.771. The van der Waals surface area contributed by atoms with Gasteiger partial charge in [-0.15, -0.1) is 0 Å². The van der Waals surface area contributed by atoms with Gasteiger partial charge in [0.25, 0.3) is 5.91 Å². The number of amides is 1. The Kier molecular flexibility index (Phi) is 5.50. The average molecular weight is 403 g/mol. The molecule has 3 rings (SSSR count). The van der Waals surface area contributed by atoms with Gasteiger partial charge in [0.1, 0.15) is 5.75 Å². The molecule has 1 heterocycles. The van der Waals surface area contributed by atoms with E-state index in [0.717, 1.165) is 22.4 Å². The van der Waals surface area contributed by atoms with E-state index in [4.69, 9.17) is 4.74 Å². The third kappa shape index (κ3) is 3.77. The number of ether oxygens (including phenoxy) is 1. The van der Waals surface area contributed by atoms with Crippen LogP contribution in [0.5, 0.6) is 5.75 Å². The lowest BCUT2D eigenvalue weighted by molar-refractivity contribution is -0.124. The Hall–Kier alpha value is -2.38. The monoisotopic (exact) mass is 402 g/mol. The maximum atomic E-state index is 13.0. The van der Waals surface area contributed by atoms with Crippen LogP contribution < -0.4 is 9.64 Å². The Morgan fingerprint density at radius 3 is 2.54 bits per heavy atom. The van der Waals surface area contributed by atoms with Gasteiger partial charge in [0.2, 0.25) is 10.0 Å². The first-order valence-corrected chi connectivity index (χ1v) is 10.7. The van der Waals surface area contributed by atoms with Gasteiger partial charge >= 0.3 is 0 Å². The highest BCUT2D eigenvalue weighted by Gasteiger charge is 2.30. The molecule has 0 aliphatic carbocycles. The number of hydrogen-bond acceptors (Lipinski definition) is 4. The summed E-state index contributed by atoms with van der Waals surface area (Å²) in [5, 5.41) is 0. The fourth-order valence-corrected chi connectivity index (χ4v) is 4.23. The highest BCUT2D eigenvalue weighted by atomic mass is 32.2. The van der Waals surface area contributed by atoms with Crippen LogP contribution in [-0.2, 0) is 21.2 Å². The number of carbonyl (C=O) groups excluding carboxylic acids is 1. The van der Waals surface area contributed by atoms with Crippen LogP contribution in [0.4, 0.5) is 5.69 Å². The van der Waals surface area contributed by atoms with E-state index in [2.05, 4.69) is 0 Å². The fraction of sp³-hybridized carbons (Fsp3) is 0.381. The first kappa shape index (κ1) is 20.4. The minimum atomic E-state index is -3.50. The minimum absolute atomic E-state index is 0.136. The number of sulfonamides is 1. The molecule has 0 saturated carbocycles. The molecule has 2 aromatic carbocycles. The molecule has 0 N–H and O–H groups in total. The lowest BCUT2D eigenvalue weighted by Gasteiger charge is -2.23. The van der Waals surface area contributed by atoms with Gasteiger partial charge in [-0.25, -0.2) is 12.7 Å². The third-order valence-corrected chi connectivity index (χ3v) is 6.80. The number of hydrogen-bond donors (Lipinski definition) is 0. The van der Waals surface area contributed by atoms with Gasteiger partial charge in [-0.3, -0.25) is 4.79 Å². The Labute approximate surface area is 166 Å². The van der Waals surface area contributed by atoms with Crippen molar-refractivity contribution in [2.24, 2.45) is 0 Å². The predicted octanol–water partition coefficient (Wildman–Crippen LogP) is 2.91. The van der Waals surface area contributed by atoms with Crippen LogP contribution in [0.3, 0.4) is 0 Å². The minimum Gasteiger partial charge on any atom is -0.481 e. The summed E-state index contributed by atoms with van der Waals surface area (Å²) in [6.45, 7) is 6.19. The number of anilines is 1. The van der Waals surface area contributed by atoms with Crippen LogP contribution in [0.25, 0.3) is 0 Å². The summed E-state index contributed by atoms with van der Waals surface area (Å²) in [5.41, 5.74) is 3.65. The first-order chi connectivity index (χ1) is 13.1. The van der Waals surface area contributed by atoms with Crippen molar-refractivity contribution < 1.29 is 17.9 Å². The van der Waals surface area contributed by atoms with Gasteiger partial charge in [-0.1, -0.05) is 12.1 Å². The molecule has 28 heavy (non-hydrogen) atoms. The van der Waals surface area contributed by atoms with E-state index in [0.29, 0.717) is 18.7 Å². The predicted molar refractivity (Wildman–Crippen MR) is 109 cm³/mol. The van der Waals surface area contributed by atoms with Crippen LogP contribution in [0.15, 0.2) is 41.3 Å². The normalized spacial score (nSPS) is 14.9. The van der Waals surface area contributed by atoms with Crippen molar-refractivity contribution in [2.45, 2.75) is 38.2 Å². The highest BCUT2D eigenvalue weighted by molar-refractivity contribution is 7.89. The number of fused-ring (bicyclic) bond motifs is 1. The van der Waals surface area contributed by atoms with Crippen LogP contribution in [0.2, 0.25) is 0 Å². The summed E-state index contributed by atoms with van der Waals surface area (Å²) in [6, 6.07) is 10.8. The van der Waals surface area contributed by atoms with E-state index in [1.807, 2.05) is 32.0 Å². The third-order valence-electron chi connectivity index (χ3n) is 4.99. The van der Waals surface area contributed by atoms with Gasteiger partial charge < -0.3 is 9.64 Å². The molecular weight excluding hydrogens is 376 g/mol. The first-order valence-electron chi connectivity index (χ1n) is 9.22. The average Bonchev–Trinajstić information content (AvgIpc) is 3.07. The zero-order valence-corrected chi connectivity index (χ0v) is 17.7. The molecule has 2 aromatic rings. The van der Waals surface area contributed by atoms with Gasteiger partial charge in [-0.05, 0) is 68.1 Å². The number of rotatable bonds is 5. The molecule has 0 aromatic heterocycles. The molecule has 0 radical (unpaired) electrons. The number of aryl methyl sites for hydroxylation is 2. The highest BCUT2D eigenvalue weighted by Crippen LogP contribution is 2.32. The lowest BCUT2D eigenvalue weighted by Crippen LogP contribution is -2.39. The smallest absolute Gasteiger partial charge is 0.267 e. The Bertz CT molecular complexity index is 1020. The van der Waals surface area contributed by atoms with E-state index >= 15 is 0 Å². The maximum Gasteiger partial charge on any atom is 0.267 e. The zero-order valence-electron chi connectivity index (χ0n) is 16.9. The van der Waals surface area contributed by atoms with Crippen molar-refractivity contribution >= 4 is 21.6 Å². The standard InChI is InChI=1S/C21H26N2O4S/c1-14-6-7-15(2)20(12-14)27-16(3)21(24)23-11-10-17-13-18(8-9-19(17)23)28(25,26)22(4)5/h6-9,12-13,16H,10-11H2,1-5H3/t16-/m0/s1. The van der Waals surface area contributed by atoms with E-state index in [9.17, 15) is 13.2 Å². The van der Waals surface area contributed by atoms with Gasteiger partial charge in [-0.2, -0.15) is 0 Å². The van der Waals surface area contributed by atoms with Crippen LogP contribution >= 0.6 is 0 Å². The van der Waals surface area contributed by atoms with Crippen molar-refractivity contribution in [3.05, 3.63) is 53.1 Å². The number of benzene rings is 2. The molecule has 0 spiro atoms. The summed E-state index contributed by atoms with van der Waals surface area (Å²) in [5.74, 6) is 0.565. The zero-order chi connectivity index (χ0) is 20.6. The Balaban J connectivity index is 1.81. The molecule has 1 amide bonds. The molecule has 0 fully saturated rings. The molecule has 0 saturated heterocycles. The molecule has 0 bridgehead atoms. The van der Waals surface area contributed by atoms with E-state index in [1.54, 1.807) is 30.0 Å². The maximum absolute atomic E-state index is 13.0. The van der Waals surface area contributed by atoms with Crippen molar-refractivity contribution in [2.75, 3.05) is 25.5 Å². The van der Waals surface area contributed by atoms with Crippen molar-refractivity contribution in [1.82, 2.24) is 4.31 Å². The van der Waals surface area contributed by atoms with Crippen molar-refractivity contribution in [1.29, 1.82) is 0 Å². The molecule has 150 valence electrons. The second-order valence-electron chi connectivity index (χ2n) is 7.35. The van der Waals surface area contributed by atoms with Crippen LogP contribution in [0, 0.1) is 13.8 Å². The lowest BCUT2D eigenvalue weighted by atomic mass is 10.1. The molecule has 7 heteroatoms. The fourth-order valence-electron chi connectivity index (χ4n) is 3.27. The molecular formula is C21H26N2O4S. The SMILES string of the molecule is Cc1ccc(C)c(O[C@@H](C)C(=O)N2CCc3cc(S(=O)(=O)N(C)C)ccc32)c1. The summed E-state index contributed by atoms with van der Waals surface area (Å²) in [4.78, 5) is 14.9. The second-order valence-corrected chi connectivity index (χ2v) is 9.50. The van der Waals surface area contributed by atoms with E-state index in [1.165, 1.54) is 18.4 Å². The van der Waals surface area contributed by atoms with Crippen LogP contribution in [0.1, 0.15) is 23.6 Å². The largest absolute Gasteiger partial charge is 0.481 e. The molecule has 1 aliphatic rings. The topological polar surface area (TPSA) is 66.9 Å². The van der Waals surface area contributed by atoms with Crippen molar-refractivity contribution in [3.8, 4) is 5.75 Å². The van der Waals surface area contributed by atoms with Gasteiger partial charge in [0.15, 0.2) is 6.10 Å². The Morgan fingerprint density at radius 1 is 1.14 bits per heavy atom. The second kappa shape index (κ2) is 7.56. The molecule has 0 unspecified atom stereocenters.